The number of nitrogens with zero attached hydrogens (tertiary/aromatic N) is 3. The van der Waals surface area contributed by atoms with Crippen LogP contribution in [0.15, 0.2) is 47.4 Å². The van der Waals surface area contributed by atoms with E-state index in [1.54, 1.807) is 24.3 Å². The predicted molar refractivity (Wildman–Crippen MR) is 91.1 cm³/mol. The Hall–Kier alpha value is -3.63. The Morgan fingerprint density at radius 2 is 1.93 bits per heavy atom. The van der Waals surface area contributed by atoms with Gasteiger partial charge in [0.2, 0.25) is 0 Å². The summed E-state index contributed by atoms with van der Waals surface area (Å²) in [4.78, 5) is 23.4. The van der Waals surface area contributed by atoms with Crippen molar-refractivity contribution in [2.75, 3.05) is 7.11 Å². The molecule has 0 bridgehead atoms. The number of aromatic amines is 1. The molecule has 1 amide bonds. The number of aromatic nitrogens is 4. The van der Waals surface area contributed by atoms with Crippen molar-refractivity contribution >= 4 is 5.91 Å². The van der Waals surface area contributed by atoms with Crippen molar-refractivity contribution in [1.29, 1.82) is 0 Å². The van der Waals surface area contributed by atoms with Crippen LogP contribution < -0.4 is 15.6 Å². The highest BCUT2D eigenvalue weighted by atomic mass is 19.4. The molecule has 0 saturated heterocycles. The Bertz CT molecular complexity index is 1020. The largest absolute Gasteiger partial charge is 0.497 e. The molecule has 0 spiro atoms. The fourth-order valence-corrected chi connectivity index (χ4v) is 2.44. The van der Waals surface area contributed by atoms with Crippen molar-refractivity contribution in [3.8, 4) is 11.6 Å². The molecule has 0 aliphatic heterocycles. The second-order valence-corrected chi connectivity index (χ2v) is 5.63. The van der Waals surface area contributed by atoms with Crippen LogP contribution in [0.4, 0.5) is 13.2 Å². The van der Waals surface area contributed by atoms with Gasteiger partial charge in [0.25, 0.3) is 11.5 Å². The van der Waals surface area contributed by atoms with E-state index in [1.165, 1.54) is 7.11 Å². The molecule has 0 saturated carbocycles. The smallest absolute Gasteiger partial charge is 0.434 e. The number of nitrogens with one attached hydrogen (secondary N) is 2. The second-order valence-electron chi connectivity index (χ2n) is 5.63. The van der Waals surface area contributed by atoms with Gasteiger partial charge in [-0.15, -0.1) is 0 Å². The molecule has 1 aromatic carbocycles. The first-order valence-electron chi connectivity index (χ1n) is 7.92. The van der Waals surface area contributed by atoms with Crippen molar-refractivity contribution in [3.05, 3.63) is 69.8 Å². The molecule has 28 heavy (non-hydrogen) atoms. The zero-order chi connectivity index (χ0) is 20.3. The SMILES string of the molecule is COc1ccc(CNC(=O)c2cnn(-c3ccc(=O)[nH]n3)c2C(F)(F)F)cc1. The normalized spacial score (nSPS) is 11.3. The summed E-state index contributed by atoms with van der Waals surface area (Å²) in [6, 6.07) is 8.77. The summed E-state index contributed by atoms with van der Waals surface area (Å²) in [6.07, 6.45) is -4.07. The van der Waals surface area contributed by atoms with Gasteiger partial charge in [-0.1, -0.05) is 12.1 Å². The van der Waals surface area contributed by atoms with Crippen LogP contribution >= 0.6 is 0 Å². The van der Waals surface area contributed by atoms with Crippen molar-refractivity contribution in [3.63, 3.8) is 0 Å². The van der Waals surface area contributed by atoms with Gasteiger partial charge >= 0.3 is 6.18 Å². The van der Waals surface area contributed by atoms with E-state index >= 15 is 0 Å². The van der Waals surface area contributed by atoms with Gasteiger partial charge in [0, 0.05) is 12.6 Å². The van der Waals surface area contributed by atoms with Gasteiger partial charge in [0.15, 0.2) is 11.5 Å². The number of amides is 1. The van der Waals surface area contributed by atoms with Crippen molar-refractivity contribution in [1.82, 2.24) is 25.3 Å². The van der Waals surface area contributed by atoms with Crippen LogP contribution in [0.3, 0.4) is 0 Å². The molecular formula is C17H14F3N5O3. The number of benzene rings is 1. The zero-order valence-corrected chi connectivity index (χ0v) is 14.4. The van der Waals surface area contributed by atoms with E-state index in [1.807, 2.05) is 5.10 Å². The number of methoxy groups -OCH3 is 1. The Labute approximate surface area is 156 Å². The summed E-state index contributed by atoms with van der Waals surface area (Å²) in [5.74, 6) is -0.607. The first-order valence-corrected chi connectivity index (χ1v) is 7.92. The molecule has 0 aliphatic rings. The number of hydrogen-bond donors (Lipinski definition) is 2. The summed E-state index contributed by atoms with van der Waals surface area (Å²) in [6.45, 7) is 0.0161. The quantitative estimate of drug-likeness (QED) is 0.690. The van der Waals surface area contributed by atoms with Crippen LogP contribution in [-0.2, 0) is 12.7 Å². The number of alkyl halides is 3. The molecule has 0 unspecified atom stereocenters. The summed E-state index contributed by atoms with van der Waals surface area (Å²) < 4.78 is 46.2. The maximum Gasteiger partial charge on any atom is 0.434 e. The maximum atomic E-state index is 13.6. The molecule has 2 heterocycles. The lowest BCUT2D eigenvalue weighted by atomic mass is 10.2. The number of hydrogen-bond acceptors (Lipinski definition) is 5. The summed E-state index contributed by atoms with van der Waals surface area (Å²) in [5.41, 5.74) is -1.85. The van der Waals surface area contributed by atoms with E-state index < -0.39 is 28.9 Å². The standard InChI is InChI=1S/C17H14F3N5O3/c1-28-11-4-2-10(3-5-11)8-21-16(27)12-9-22-25(15(12)17(18,19)20)13-6-7-14(26)24-23-13/h2-7,9H,8H2,1H3,(H,21,27)(H,24,26). The average Bonchev–Trinajstić information content (AvgIpc) is 3.13. The Morgan fingerprint density at radius 1 is 1.21 bits per heavy atom. The fourth-order valence-electron chi connectivity index (χ4n) is 2.44. The lowest BCUT2D eigenvalue weighted by Gasteiger charge is -2.12. The van der Waals surface area contributed by atoms with Gasteiger partial charge in [-0.25, -0.2) is 9.78 Å². The summed E-state index contributed by atoms with van der Waals surface area (Å²) in [7, 11) is 1.50. The number of H-pyrrole nitrogens is 1. The Kier molecular flexibility index (Phi) is 5.16. The van der Waals surface area contributed by atoms with Crippen LogP contribution in [-0.4, -0.2) is 33.0 Å². The van der Waals surface area contributed by atoms with Gasteiger partial charge < -0.3 is 10.1 Å². The number of rotatable bonds is 5. The lowest BCUT2D eigenvalue weighted by molar-refractivity contribution is -0.143. The molecule has 8 nitrogen and oxygen atoms in total. The first kappa shape index (κ1) is 19.1. The predicted octanol–water partition coefficient (Wildman–Crippen LogP) is 1.91. The monoisotopic (exact) mass is 393 g/mol. The lowest BCUT2D eigenvalue weighted by Crippen LogP contribution is -2.26. The Morgan fingerprint density at radius 3 is 2.50 bits per heavy atom. The van der Waals surface area contributed by atoms with E-state index in [9.17, 15) is 22.8 Å². The molecule has 0 fully saturated rings. The highest BCUT2D eigenvalue weighted by molar-refractivity contribution is 5.95. The maximum absolute atomic E-state index is 13.6. The third kappa shape index (κ3) is 4.03. The third-order valence-electron chi connectivity index (χ3n) is 3.78. The van der Waals surface area contributed by atoms with E-state index in [0.717, 1.165) is 18.3 Å². The molecule has 0 radical (unpaired) electrons. The Balaban J connectivity index is 1.87. The molecule has 3 rings (SSSR count). The van der Waals surface area contributed by atoms with Crippen LogP contribution in [0.1, 0.15) is 21.6 Å². The minimum absolute atomic E-state index is 0.0161. The van der Waals surface area contributed by atoms with Crippen molar-refractivity contribution in [2.24, 2.45) is 0 Å². The highest BCUT2D eigenvalue weighted by Gasteiger charge is 2.40. The van der Waals surface area contributed by atoms with Crippen LogP contribution in [0.2, 0.25) is 0 Å². The van der Waals surface area contributed by atoms with Crippen LogP contribution in [0.25, 0.3) is 5.82 Å². The highest BCUT2D eigenvalue weighted by Crippen LogP contribution is 2.33. The van der Waals surface area contributed by atoms with Crippen molar-refractivity contribution < 1.29 is 22.7 Å². The van der Waals surface area contributed by atoms with E-state index in [-0.39, 0.29) is 12.4 Å². The molecule has 0 aliphatic carbocycles. The molecule has 146 valence electrons. The van der Waals surface area contributed by atoms with Gasteiger partial charge in [-0.05, 0) is 23.8 Å². The second kappa shape index (κ2) is 7.55. The fraction of sp³-hybridized carbons (Fsp3) is 0.176. The van der Waals surface area contributed by atoms with E-state index in [2.05, 4.69) is 15.5 Å². The summed E-state index contributed by atoms with van der Waals surface area (Å²) >= 11 is 0. The van der Waals surface area contributed by atoms with E-state index in [4.69, 9.17) is 4.74 Å². The van der Waals surface area contributed by atoms with Gasteiger partial charge in [-0.2, -0.15) is 23.4 Å². The van der Waals surface area contributed by atoms with Gasteiger partial charge in [-0.3, -0.25) is 9.59 Å². The molecule has 2 N–H and O–H groups in total. The molecule has 0 atom stereocenters. The third-order valence-corrected chi connectivity index (χ3v) is 3.78. The average molecular weight is 393 g/mol. The number of carbonyl (C=O) groups excluding carboxylic acids is 1. The molecular weight excluding hydrogens is 379 g/mol. The van der Waals surface area contributed by atoms with Crippen LogP contribution in [0, 0.1) is 0 Å². The van der Waals surface area contributed by atoms with Crippen molar-refractivity contribution in [2.45, 2.75) is 12.7 Å². The summed E-state index contributed by atoms with van der Waals surface area (Å²) in [5, 5.41) is 11.6. The number of ether oxygens (including phenoxy) is 1. The first-order chi connectivity index (χ1) is 13.3. The molecule has 11 heteroatoms. The molecule has 2 aromatic heterocycles. The van der Waals surface area contributed by atoms with Gasteiger partial charge in [0.1, 0.15) is 5.75 Å². The minimum Gasteiger partial charge on any atom is -0.497 e. The molecule has 3 aromatic rings. The van der Waals surface area contributed by atoms with Gasteiger partial charge in [0.05, 0.1) is 18.9 Å². The number of halogens is 3. The van der Waals surface area contributed by atoms with Crippen LogP contribution in [0.5, 0.6) is 5.75 Å². The number of carbonyl (C=O) groups is 1. The van der Waals surface area contributed by atoms with E-state index in [0.29, 0.717) is 16.0 Å². The minimum atomic E-state index is -4.87. The topological polar surface area (TPSA) is 102 Å². The zero-order valence-electron chi connectivity index (χ0n) is 14.4.